The summed E-state index contributed by atoms with van der Waals surface area (Å²) in [7, 11) is 3.98. The van der Waals surface area contributed by atoms with Crippen LogP contribution in [0.3, 0.4) is 0 Å². The molecule has 0 aliphatic heterocycles. The summed E-state index contributed by atoms with van der Waals surface area (Å²) in [6.07, 6.45) is 1.03. The third kappa shape index (κ3) is 1.53. The third-order valence-electron chi connectivity index (χ3n) is 1.63. The Morgan fingerprint density at radius 2 is 2.18 bits per heavy atom. The molecule has 0 atom stereocenters. The molecule has 1 heterocycles. The summed E-state index contributed by atoms with van der Waals surface area (Å²) in [6.45, 7) is 4.15. The standard InChI is InChI=1S/C8H15N3/c1-5-8-6-7(2)9-11(8)10(3)4/h6H,5H2,1-4H3. The fraction of sp³-hybridized carbons (Fsp3) is 0.625. The first-order valence-electron chi connectivity index (χ1n) is 3.88. The van der Waals surface area contributed by atoms with Gasteiger partial charge in [-0.1, -0.05) is 6.92 Å². The van der Waals surface area contributed by atoms with E-state index in [9.17, 15) is 0 Å². The molecular weight excluding hydrogens is 138 g/mol. The maximum absolute atomic E-state index is 4.32. The zero-order chi connectivity index (χ0) is 8.43. The van der Waals surface area contributed by atoms with E-state index in [1.54, 1.807) is 0 Å². The largest absolute Gasteiger partial charge is 0.303 e. The molecule has 0 unspecified atom stereocenters. The third-order valence-corrected chi connectivity index (χ3v) is 1.63. The van der Waals surface area contributed by atoms with Crippen LogP contribution in [0.4, 0.5) is 0 Å². The lowest BCUT2D eigenvalue weighted by Gasteiger charge is -2.14. The van der Waals surface area contributed by atoms with E-state index >= 15 is 0 Å². The Labute approximate surface area is 67.6 Å². The monoisotopic (exact) mass is 153 g/mol. The van der Waals surface area contributed by atoms with Crippen LogP contribution in [0.15, 0.2) is 6.07 Å². The predicted molar refractivity (Wildman–Crippen MR) is 46.4 cm³/mol. The average molecular weight is 153 g/mol. The summed E-state index contributed by atoms with van der Waals surface area (Å²) in [6, 6.07) is 2.11. The molecule has 1 aromatic heterocycles. The van der Waals surface area contributed by atoms with E-state index in [1.807, 2.05) is 30.8 Å². The molecule has 1 aromatic rings. The van der Waals surface area contributed by atoms with Gasteiger partial charge in [-0.2, -0.15) is 9.89 Å². The summed E-state index contributed by atoms with van der Waals surface area (Å²) in [4.78, 5) is 1.93. The number of nitrogens with zero attached hydrogens (tertiary/aromatic N) is 3. The maximum atomic E-state index is 4.32. The van der Waals surface area contributed by atoms with Crippen LogP contribution in [0.5, 0.6) is 0 Å². The van der Waals surface area contributed by atoms with Gasteiger partial charge in [0.2, 0.25) is 0 Å². The van der Waals surface area contributed by atoms with E-state index in [-0.39, 0.29) is 0 Å². The highest BCUT2D eigenvalue weighted by molar-refractivity contribution is 5.10. The van der Waals surface area contributed by atoms with Crippen molar-refractivity contribution in [1.29, 1.82) is 0 Å². The fourth-order valence-corrected chi connectivity index (χ4v) is 1.13. The molecule has 0 aliphatic rings. The van der Waals surface area contributed by atoms with Crippen LogP contribution < -0.4 is 5.01 Å². The lowest BCUT2D eigenvalue weighted by atomic mass is 10.3. The summed E-state index contributed by atoms with van der Waals surface area (Å²) < 4.78 is 0. The first kappa shape index (κ1) is 8.11. The number of hydrogen-bond donors (Lipinski definition) is 0. The Balaban J connectivity index is 3.02. The van der Waals surface area contributed by atoms with Gasteiger partial charge >= 0.3 is 0 Å². The lowest BCUT2D eigenvalue weighted by Crippen LogP contribution is -2.27. The van der Waals surface area contributed by atoms with E-state index in [2.05, 4.69) is 18.1 Å². The van der Waals surface area contributed by atoms with E-state index in [0.29, 0.717) is 0 Å². The van der Waals surface area contributed by atoms with Crippen LogP contribution in [0.1, 0.15) is 18.3 Å². The first-order chi connectivity index (χ1) is 5.15. The van der Waals surface area contributed by atoms with E-state index < -0.39 is 0 Å². The van der Waals surface area contributed by atoms with Crippen molar-refractivity contribution in [1.82, 2.24) is 9.89 Å². The second-order valence-corrected chi connectivity index (χ2v) is 2.87. The molecular formula is C8H15N3. The van der Waals surface area contributed by atoms with Gasteiger partial charge in [-0.15, -0.1) is 0 Å². The molecule has 0 aromatic carbocycles. The number of rotatable bonds is 2. The highest BCUT2D eigenvalue weighted by atomic mass is 15.6. The van der Waals surface area contributed by atoms with Gasteiger partial charge in [0.05, 0.1) is 11.4 Å². The van der Waals surface area contributed by atoms with Crippen LogP contribution >= 0.6 is 0 Å². The lowest BCUT2D eigenvalue weighted by molar-refractivity contribution is 0.604. The summed E-state index contributed by atoms with van der Waals surface area (Å²) in [5.41, 5.74) is 2.34. The minimum atomic E-state index is 1.03. The SMILES string of the molecule is CCc1cc(C)nn1N(C)C. The maximum Gasteiger partial charge on any atom is 0.0621 e. The van der Waals surface area contributed by atoms with Gasteiger partial charge in [0, 0.05) is 14.1 Å². The minimum Gasteiger partial charge on any atom is -0.303 e. The van der Waals surface area contributed by atoms with Crippen molar-refractivity contribution in [2.75, 3.05) is 19.1 Å². The highest BCUT2D eigenvalue weighted by Gasteiger charge is 2.03. The molecule has 0 fully saturated rings. The molecule has 0 saturated heterocycles. The van der Waals surface area contributed by atoms with Crippen LogP contribution in [-0.4, -0.2) is 24.0 Å². The van der Waals surface area contributed by atoms with Gasteiger partial charge in [-0.25, -0.2) is 0 Å². The quantitative estimate of drug-likeness (QED) is 0.630. The van der Waals surface area contributed by atoms with Gasteiger partial charge in [-0.05, 0) is 19.4 Å². The zero-order valence-electron chi connectivity index (χ0n) is 7.63. The summed E-state index contributed by atoms with van der Waals surface area (Å²) in [5.74, 6) is 0. The first-order valence-corrected chi connectivity index (χ1v) is 3.88. The van der Waals surface area contributed by atoms with Crippen LogP contribution in [0.2, 0.25) is 0 Å². The number of aryl methyl sites for hydroxylation is 2. The Bertz CT molecular complexity index is 237. The molecule has 1 rings (SSSR count). The molecule has 0 saturated carbocycles. The molecule has 3 nitrogen and oxygen atoms in total. The smallest absolute Gasteiger partial charge is 0.0621 e. The second-order valence-electron chi connectivity index (χ2n) is 2.87. The summed E-state index contributed by atoms with van der Waals surface area (Å²) >= 11 is 0. The molecule has 11 heavy (non-hydrogen) atoms. The Morgan fingerprint density at radius 3 is 2.55 bits per heavy atom. The van der Waals surface area contributed by atoms with Gasteiger partial charge in [0.15, 0.2) is 0 Å². The molecule has 0 amide bonds. The Hall–Kier alpha value is -0.990. The molecule has 0 N–H and O–H groups in total. The van der Waals surface area contributed by atoms with Crippen LogP contribution in [0.25, 0.3) is 0 Å². The molecule has 3 heteroatoms. The average Bonchev–Trinajstić information content (AvgIpc) is 2.30. The van der Waals surface area contributed by atoms with Crippen molar-refractivity contribution in [2.24, 2.45) is 0 Å². The van der Waals surface area contributed by atoms with Crippen molar-refractivity contribution >= 4 is 0 Å². The van der Waals surface area contributed by atoms with Crippen molar-refractivity contribution in [3.63, 3.8) is 0 Å². The Kier molecular flexibility index (Phi) is 2.17. The van der Waals surface area contributed by atoms with Gasteiger partial charge in [0.25, 0.3) is 0 Å². The van der Waals surface area contributed by atoms with Gasteiger partial charge < -0.3 is 5.01 Å². The van der Waals surface area contributed by atoms with E-state index in [1.165, 1.54) is 5.69 Å². The molecule has 0 aliphatic carbocycles. The molecule has 0 spiro atoms. The number of hydrogen-bond acceptors (Lipinski definition) is 2. The second kappa shape index (κ2) is 2.95. The minimum absolute atomic E-state index is 1.03. The van der Waals surface area contributed by atoms with Crippen molar-refractivity contribution in [3.05, 3.63) is 17.5 Å². The Morgan fingerprint density at radius 1 is 1.55 bits per heavy atom. The van der Waals surface area contributed by atoms with E-state index in [0.717, 1.165) is 12.1 Å². The topological polar surface area (TPSA) is 21.1 Å². The van der Waals surface area contributed by atoms with Crippen molar-refractivity contribution < 1.29 is 0 Å². The van der Waals surface area contributed by atoms with Crippen LogP contribution in [0, 0.1) is 6.92 Å². The predicted octanol–water partition coefficient (Wildman–Crippen LogP) is 0.952. The molecule has 0 radical (unpaired) electrons. The van der Waals surface area contributed by atoms with E-state index in [4.69, 9.17) is 0 Å². The van der Waals surface area contributed by atoms with Crippen molar-refractivity contribution in [2.45, 2.75) is 20.3 Å². The zero-order valence-corrected chi connectivity index (χ0v) is 7.63. The summed E-state index contributed by atoms with van der Waals surface area (Å²) in [5, 5.41) is 6.30. The van der Waals surface area contributed by atoms with Gasteiger partial charge in [0.1, 0.15) is 0 Å². The van der Waals surface area contributed by atoms with Crippen LogP contribution in [-0.2, 0) is 6.42 Å². The van der Waals surface area contributed by atoms with Gasteiger partial charge in [-0.3, -0.25) is 0 Å². The molecule has 0 bridgehead atoms. The molecule has 62 valence electrons. The fourth-order valence-electron chi connectivity index (χ4n) is 1.13. The normalized spacial score (nSPS) is 10.2. The van der Waals surface area contributed by atoms with Crippen molar-refractivity contribution in [3.8, 4) is 0 Å². The number of aromatic nitrogens is 2. The highest BCUT2D eigenvalue weighted by Crippen LogP contribution is 2.03.